The number of nitrogens with zero attached hydrogens (tertiary/aromatic N) is 2. The number of rotatable bonds is 4. The number of aryl methyl sites for hydroxylation is 1. The summed E-state index contributed by atoms with van der Waals surface area (Å²) >= 11 is 0. The van der Waals surface area contributed by atoms with Gasteiger partial charge in [0.05, 0.1) is 35.4 Å². The monoisotopic (exact) mass is 490 g/mol. The molecule has 1 saturated carbocycles. The van der Waals surface area contributed by atoms with Crippen LogP contribution in [0.5, 0.6) is 0 Å². The third-order valence-electron chi connectivity index (χ3n) is 8.55. The Morgan fingerprint density at radius 1 is 1.17 bits per heavy atom. The summed E-state index contributed by atoms with van der Waals surface area (Å²) < 4.78 is 21.2. The average Bonchev–Trinajstić information content (AvgIpc) is 3.18. The van der Waals surface area contributed by atoms with Crippen molar-refractivity contribution in [1.29, 1.82) is 0 Å². The lowest BCUT2D eigenvalue weighted by Crippen LogP contribution is -2.32. The molecule has 4 heterocycles. The molecule has 7 heteroatoms. The number of fused-ring (bicyclic) bond motifs is 5. The molecule has 3 aromatic rings. The normalized spacial score (nSPS) is 21.6. The molecule has 1 N–H and O–H groups in total. The molecule has 1 aliphatic carbocycles. The van der Waals surface area contributed by atoms with Crippen LogP contribution in [0.3, 0.4) is 0 Å². The number of pyridine rings is 2. The third-order valence-corrected chi connectivity index (χ3v) is 8.55. The van der Waals surface area contributed by atoms with Gasteiger partial charge < -0.3 is 14.4 Å². The lowest BCUT2D eigenvalue weighted by Gasteiger charge is -2.26. The first-order valence-electron chi connectivity index (χ1n) is 13.1. The van der Waals surface area contributed by atoms with Crippen LogP contribution >= 0.6 is 0 Å². The fourth-order valence-electron chi connectivity index (χ4n) is 6.45. The summed E-state index contributed by atoms with van der Waals surface area (Å²) in [5.41, 5.74) is 3.00. The van der Waals surface area contributed by atoms with E-state index in [1.165, 1.54) is 44.2 Å². The molecule has 0 radical (unpaired) electrons. The predicted molar refractivity (Wildman–Crippen MR) is 134 cm³/mol. The number of carbonyl (C=O) groups excluding carboxylic acids is 1. The van der Waals surface area contributed by atoms with Gasteiger partial charge in [0.2, 0.25) is 0 Å². The molecule has 2 aliphatic heterocycles. The van der Waals surface area contributed by atoms with Gasteiger partial charge in [0.25, 0.3) is 5.56 Å². The van der Waals surface area contributed by atoms with Gasteiger partial charge in [-0.25, -0.2) is 9.37 Å². The fourth-order valence-corrected chi connectivity index (χ4v) is 6.45. The highest BCUT2D eigenvalue weighted by Crippen LogP contribution is 2.41. The summed E-state index contributed by atoms with van der Waals surface area (Å²) in [5, 5.41) is 12.3. The third kappa shape index (κ3) is 3.76. The molecule has 1 aromatic carbocycles. The molecule has 0 spiro atoms. The Morgan fingerprint density at radius 2 is 1.97 bits per heavy atom. The molecular formula is C29H31FN2O4. The SMILES string of the molecule is CC[C@@]1(O)CC(=O)OCc2c1cc1n(c2=O)Cc2c-1nc1cc(F)ccc1c2CCC1CCCCC1. The molecule has 6 rings (SSSR count). The lowest BCUT2D eigenvalue weighted by molar-refractivity contribution is -0.149. The Hall–Kier alpha value is -3.06. The van der Waals surface area contributed by atoms with Gasteiger partial charge >= 0.3 is 5.97 Å². The van der Waals surface area contributed by atoms with E-state index in [2.05, 4.69) is 0 Å². The van der Waals surface area contributed by atoms with Crippen LogP contribution < -0.4 is 5.56 Å². The second-order valence-corrected chi connectivity index (χ2v) is 10.7. The van der Waals surface area contributed by atoms with E-state index in [0.29, 0.717) is 40.5 Å². The number of benzene rings is 1. The Labute approximate surface area is 209 Å². The highest BCUT2D eigenvalue weighted by molar-refractivity contribution is 5.88. The number of esters is 1. The minimum Gasteiger partial charge on any atom is -0.460 e. The molecule has 0 bridgehead atoms. The van der Waals surface area contributed by atoms with E-state index in [1.54, 1.807) is 17.6 Å². The smallest absolute Gasteiger partial charge is 0.309 e. The molecule has 0 saturated heterocycles. The van der Waals surface area contributed by atoms with Crippen LogP contribution in [-0.2, 0) is 34.7 Å². The molecular weight excluding hydrogens is 459 g/mol. The standard InChI is InChI=1S/C29H31FN2O4/c1-2-29(35)14-26(33)36-16-22-23(29)13-25-27-21(15-32(25)28(22)34)19(10-8-17-6-4-3-5-7-17)20-11-9-18(30)12-24(20)31-27/h9,11-13,17,35H,2-8,10,14-16H2,1H3/t29-/m1/s1. The zero-order chi connectivity index (χ0) is 25.0. The Morgan fingerprint density at radius 3 is 2.75 bits per heavy atom. The number of cyclic esters (lactones) is 1. The molecule has 2 aromatic heterocycles. The summed E-state index contributed by atoms with van der Waals surface area (Å²) in [6.07, 6.45) is 8.37. The van der Waals surface area contributed by atoms with Gasteiger partial charge in [0.1, 0.15) is 18.0 Å². The highest BCUT2D eigenvalue weighted by Gasteiger charge is 2.39. The Kier molecular flexibility index (Phi) is 5.71. The second kappa shape index (κ2) is 8.80. The second-order valence-electron chi connectivity index (χ2n) is 10.7. The van der Waals surface area contributed by atoms with E-state index >= 15 is 0 Å². The number of ether oxygens (including phenoxy) is 1. The van der Waals surface area contributed by atoms with Crippen LogP contribution in [0.15, 0.2) is 29.1 Å². The van der Waals surface area contributed by atoms with Crippen LogP contribution in [0.4, 0.5) is 4.39 Å². The molecule has 1 fully saturated rings. The molecule has 3 aliphatic rings. The van der Waals surface area contributed by atoms with Crippen LogP contribution in [0.1, 0.15) is 80.5 Å². The van der Waals surface area contributed by atoms with E-state index in [4.69, 9.17) is 9.72 Å². The van der Waals surface area contributed by atoms with Gasteiger partial charge in [-0.05, 0) is 54.5 Å². The fraction of sp³-hybridized carbons (Fsp3) is 0.483. The van der Waals surface area contributed by atoms with Gasteiger partial charge in [-0.3, -0.25) is 9.59 Å². The topological polar surface area (TPSA) is 81.4 Å². The van der Waals surface area contributed by atoms with Crippen LogP contribution in [0, 0.1) is 11.7 Å². The van der Waals surface area contributed by atoms with E-state index in [1.807, 2.05) is 6.07 Å². The van der Waals surface area contributed by atoms with Crippen LogP contribution in [-0.4, -0.2) is 20.6 Å². The maximum Gasteiger partial charge on any atom is 0.309 e. The van der Waals surface area contributed by atoms with Crippen LogP contribution in [0.25, 0.3) is 22.3 Å². The summed E-state index contributed by atoms with van der Waals surface area (Å²) in [6, 6.07) is 6.55. The molecule has 188 valence electrons. The van der Waals surface area contributed by atoms with Gasteiger partial charge in [-0.1, -0.05) is 39.0 Å². The van der Waals surface area contributed by atoms with Crippen LogP contribution in [0.2, 0.25) is 0 Å². The van der Waals surface area contributed by atoms with Gasteiger partial charge in [-0.2, -0.15) is 0 Å². The van der Waals surface area contributed by atoms with Gasteiger partial charge in [0, 0.05) is 17.0 Å². The van der Waals surface area contributed by atoms with Crippen molar-refractivity contribution in [3.05, 3.63) is 62.7 Å². The maximum atomic E-state index is 14.2. The first-order chi connectivity index (χ1) is 17.4. The predicted octanol–water partition coefficient (Wildman–Crippen LogP) is 5.12. The minimum absolute atomic E-state index is 0.152. The first kappa shape index (κ1) is 23.3. The lowest BCUT2D eigenvalue weighted by atomic mass is 9.84. The maximum absolute atomic E-state index is 14.2. The largest absolute Gasteiger partial charge is 0.460 e. The minimum atomic E-state index is -1.48. The summed E-state index contributed by atoms with van der Waals surface area (Å²) in [4.78, 5) is 30.7. The number of aromatic nitrogens is 2. The van der Waals surface area contributed by atoms with E-state index in [-0.39, 0.29) is 30.8 Å². The quantitative estimate of drug-likeness (QED) is 0.402. The number of hydrogen-bond acceptors (Lipinski definition) is 5. The van der Waals surface area contributed by atoms with Crippen molar-refractivity contribution in [3.8, 4) is 11.4 Å². The number of aliphatic hydroxyl groups is 1. The Balaban J connectivity index is 1.52. The molecule has 0 unspecified atom stereocenters. The Bertz CT molecular complexity index is 1440. The van der Waals surface area contributed by atoms with Gasteiger partial charge in [-0.15, -0.1) is 0 Å². The molecule has 0 amide bonds. The highest BCUT2D eigenvalue weighted by atomic mass is 19.1. The van der Waals surface area contributed by atoms with Crippen molar-refractivity contribution in [2.45, 2.75) is 83.5 Å². The van der Waals surface area contributed by atoms with Crippen molar-refractivity contribution in [3.63, 3.8) is 0 Å². The summed E-state index contributed by atoms with van der Waals surface area (Å²) in [6.45, 7) is 2.01. The number of halogens is 1. The van der Waals surface area contributed by atoms with Gasteiger partial charge in [0.15, 0.2) is 0 Å². The van der Waals surface area contributed by atoms with Crippen molar-refractivity contribution in [2.24, 2.45) is 5.92 Å². The van der Waals surface area contributed by atoms with E-state index in [9.17, 15) is 19.1 Å². The van der Waals surface area contributed by atoms with Crippen molar-refractivity contribution < 1.29 is 19.0 Å². The van der Waals surface area contributed by atoms with Crippen molar-refractivity contribution in [1.82, 2.24) is 9.55 Å². The number of hydrogen-bond donors (Lipinski definition) is 1. The van der Waals surface area contributed by atoms with Crippen molar-refractivity contribution in [2.75, 3.05) is 0 Å². The zero-order valence-corrected chi connectivity index (χ0v) is 20.6. The molecule has 36 heavy (non-hydrogen) atoms. The molecule has 6 nitrogen and oxygen atoms in total. The van der Waals surface area contributed by atoms with Crippen molar-refractivity contribution >= 4 is 16.9 Å². The van der Waals surface area contributed by atoms with E-state index in [0.717, 1.165) is 29.4 Å². The van der Waals surface area contributed by atoms with E-state index < -0.39 is 11.6 Å². The first-order valence-corrected chi connectivity index (χ1v) is 13.1. The summed E-state index contributed by atoms with van der Waals surface area (Å²) in [5.74, 6) is -0.179. The zero-order valence-electron chi connectivity index (χ0n) is 20.6. The summed E-state index contributed by atoms with van der Waals surface area (Å²) in [7, 11) is 0. The number of carbonyl (C=O) groups is 1. The average molecular weight is 491 g/mol. The molecule has 1 atom stereocenters.